The first-order valence-electron chi connectivity index (χ1n) is 19.0. The minimum absolute atomic E-state index is 0.0426. The Bertz CT molecular complexity index is 2730. The Morgan fingerprint density at radius 2 is 1.20 bits per heavy atom. The van der Waals surface area contributed by atoms with Gasteiger partial charge in [-0.3, -0.25) is 14.6 Å². The molecule has 0 spiro atoms. The van der Waals surface area contributed by atoms with Crippen LogP contribution in [0.2, 0.25) is 0 Å². The first-order chi connectivity index (χ1) is 28.8. The number of carbonyl (C=O) groups is 1. The molecule has 6 aromatic rings. The zero-order valence-corrected chi connectivity index (χ0v) is 33.0. The van der Waals surface area contributed by atoms with Crippen LogP contribution in [-0.2, 0) is 30.6 Å². The second-order valence-corrected chi connectivity index (χ2v) is 14.1. The fourth-order valence-electron chi connectivity index (χ4n) is 7.51. The van der Waals surface area contributed by atoms with Gasteiger partial charge in [0.1, 0.15) is 12.9 Å². The summed E-state index contributed by atoms with van der Waals surface area (Å²) in [6, 6.07) is 27.1. The first-order valence-corrected chi connectivity index (χ1v) is 19.0. The van der Waals surface area contributed by atoms with Crippen LogP contribution in [0.15, 0.2) is 108 Å². The van der Waals surface area contributed by atoms with Gasteiger partial charge in [-0.25, -0.2) is 24.5 Å². The van der Waals surface area contributed by atoms with Crippen LogP contribution in [-0.4, -0.2) is 56.9 Å². The molecule has 2 aromatic heterocycles. The number of esters is 1. The molecular formula is C47H40N6O6. The maximum absolute atomic E-state index is 13.3. The minimum Gasteiger partial charge on any atom is -0.434 e. The topological polar surface area (TPSA) is 124 Å². The Labute approximate surface area is 342 Å². The Morgan fingerprint density at radius 3 is 1.80 bits per heavy atom. The molecule has 2 aliphatic rings. The van der Waals surface area contributed by atoms with Crippen LogP contribution in [0, 0.1) is 38.5 Å². The number of ether oxygens (including phenoxy) is 3. The van der Waals surface area contributed by atoms with Gasteiger partial charge >= 0.3 is 5.97 Å². The summed E-state index contributed by atoms with van der Waals surface area (Å²) in [6.07, 6.45) is 14.9. The van der Waals surface area contributed by atoms with Crippen molar-refractivity contribution in [3.8, 4) is 36.1 Å². The van der Waals surface area contributed by atoms with Crippen molar-refractivity contribution < 1.29 is 28.8 Å². The molecule has 0 fully saturated rings. The van der Waals surface area contributed by atoms with Crippen molar-refractivity contribution in [3.05, 3.63) is 165 Å². The molecule has 0 saturated carbocycles. The molecule has 0 N–H and O–H groups in total. The summed E-state index contributed by atoms with van der Waals surface area (Å²) in [7, 11) is 0. The lowest BCUT2D eigenvalue weighted by atomic mass is 9.95. The smallest absolute Gasteiger partial charge is 0.361 e. The molecule has 0 bridgehead atoms. The number of fused-ring (bicyclic) bond motifs is 6. The van der Waals surface area contributed by atoms with E-state index in [4.69, 9.17) is 46.8 Å². The summed E-state index contributed by atoms with van der Waals surface area (Å²) in [5, 5.41) is 0. The molecule has 59 heavy (non-hydrogen) atoms. The first kappa shape index (κ1) is 38.9. The second kappa shape index (κ2) is 16.9. The minimum atomic E-state index is -0.663. The van der Waals surface area contributed by atoms with Crippen LogP contribution in [0.1, 0.15) is 98.0 Å². The number of imidazole rings is 2. The highest BCUT2D eigenvalue weighted by Gasteiger charge is 2.30. The molecule has 8 rings (SSSR count). The van der Waals surface area contributed by atoms with Crippen LogP contribution in [0.3, 0.4) is 0 Å². The largest absolute Gasteiger partial charge is 0.434 e. The third kappa shape index (κ3) is 7.62. The van der Waals surface area contributed by atoms with Crippen LogP contribution in [0.4, 0.5) is 0 Å². The highest BCUT2D eigenvalue weighted by molar-refractivity contribution is 6.17. The number of benzene rings is 4. The lowest BCUT2D eigenvalue weighted by molar-refractivity contribution is -0.353. The fraction of sp³-hybridized carbons (Fsp3) is 0.213. The van der Waals surface area contributed by atoms with Gasteiger partial charge in [-0.1, -0.05) is 60.4 Å². The fourth-order valence-corrected chi connectivity index (χ4v) is 7.51. The second-order valence-electron chi connectivity index (χ2n) is 14.1. The summed E-state index contributed by atoms with van der Waals surface area (Å²) >= 11 is 0. The molecule has 2 unspecified atom stereocenters. The van der Waals surface area contributed by atoms with E-state index in [-0.39, 0.29) is 38.7 Å². The Balaban J connectivity index is 0.863. The van der Waals surface area contributed by atoms with Crippen LogP contribution < -0.4 is 0 Å². The average Bonchev–Trinajstić information content (AvgIpc) is 3.84. The molecule has 0 amide bonds. The molecular weight excluding hydrogens is 745 g/mol. The number of hydrogen-bond donors (Lipinski definition) is 0. The van der Waals surface area contributed by atoms with Gasteiger partial charge < -0.3 is 18.8 Å². The number of aromatic nitrogens is 4. The van der Waals surface area contributed by atoms with Crippen molar-refractivity contribution in [2.75, 3.05) is 20.4 Å². The zero-order chi connectivity index (χ0) is 41.0. The molecule has 4 aromatic carbocycles. The molecule has 0 aliphatic carbocycles. The normalized spacial score (nSPS) is 15.2. The Kier molecular flexibility index (Phi) is 11.1. The standard InChI is InChI=1S/C47H40N6O6/c1-7-33-17-19-40-37(21-33)42(35-15-11-9-13-29(35)3)50-31(5)45-39(48-24-52(40)45)23-58-59-28-56-26-55-27-57-47(54)44-46-32(6)51-43(36-16-12-10-14-30(36)4)38-22-34(8-2)18-20-41(38)53(46)25-49-44/h1-2,9-22,24-25,31-32H,23,26-28H2,3-6H3. The van der Waals surface area contributed by atoms with Crippen molar-refractivity contribution in [2.45, 2.75) is 46.4 Å². The molecule has 2 aliphatic heterocycles. The summed E-state index contributed by atoms with van der Waals surface area (Å²) in [5.41, 5.74) is 13.0. The molecule has 294 valence electrons. The zero-order valence-electron chi connectivity index (χ0n) is 33.0. The lowest BCUT2D eigenvalue weighted by Crippen LogP contribution is -2.14. The van der Waals surface area contributed by atoms with Crippen molar-refractivity contribution in [2.24, 2.45) is 9.98 Å². The number of aryl methyl sites for hydroxylation is 2. The monoisotopic (exact) mass is 784 g/mol. The SMILES string of the molecule is C#Cc1ccc2c(c1)C(c1ccccc1C)=NC(C)c1c(COOCOCOCOC(=O)c3ncn4c3C(C)N=C(c3ccccc3C)c3cc(C#C)ccc3-4)ncn1-2. The quantitative estimate of drug-likeness (QED) is 0.0310. The third-order valence-corrected chi connectivity index (χ3v) is 10.3. The van der Waals surface area contributed by atoms with E-state index in [1.165, 1.54) is 0 Å². The predicted octanol–water partition coefficient (Wildman–Crippen LogP) is 7.67. The third-order valence-electron chi connectivity index (χ3n) is 10.3. The molecule has 2 atom stereocenters. The van der Waals surface area contributed by atoms with Crippen LogP contribution in [0.25, 0.3) is 11.4 Å². The van der Waals surface area contributed by atoms with Gasteiger partial charge in [-0.05, 0) is 75.2 Å². The van der Waals surface area contributed by atoms with Crippen molar-refractivity contribution in [1.29, 1.82) is 0 Å². The van der Waals surface area contributed by atoms with E-state index in [0.29, 0.717) is 17.0 Å². The van der Waals surface area contributed by atoms with E-state index in [2.05, 4.69) is 40.9 Å². The van der Waals surface area contributed by atoms with Crippen LogP contribution in [0.5, 0.6) is 0 Å². The molecule has 4 heterocycles. The number of hydrogen-bond acceptors (Lipinski definition) is 10. The van der Waals surface area contributed by atoms with Gasteiger partial charge in [0.15, 0.2) is 26.1 Å². The van der Waals surface area contributed by atoms with Gasteiger partial charge in [0.25, 0.3) is 0 Å². The van der Waals surface area contributed by atoms with Crippen molar-refractivity contribution >= 4 is 17.4 Å². The molecule has 0 radical (unpaired) electrons. The molecule has 12 heteroatoms. The number of terminal acetylenes is 2. The van der Waals surface area contributed by atoms with Gasteiger partial charge in [-0.2, -0.15) is 0 Å². The lowest BCUT2D eigenvalue weighted by Gasteiger charge is -2.14. The average molecular weight is 785 g/mol. The number of aliphatic imine (C=N–C) groups is 2. The number of carbonyl (C=O) groups excluding carboxylic acids is 1. The summed E-state index contributed by atoms with van der Waals surface area (Å²) in [4.78, 5) is 43.4. The van der Waals surface area contributed by atoms with E-state index < -0.39 is 12.0 Å². The van der Waals surface area contributed by atoms with Gasteiger partial charge in [-0.15, -0.1) is 12.8 Å². The maximum Gasteiger partial charge on any atom is 0.361 e. The Morgan fingerprint density at radius 1 is 0.661 bits per heavy atom. The number of nitrogens with zero attached hydrogens (tertiary/aromatic N) is 6. The highest BCUT2D eigenvalue weighted by Crippen LogP contribution is 2.35. The van der Waals surface area contributed by atoms with E-state index in [0.717, 1.165) is 67.4 Å². The van der Waals surface area contributed by atoms with E-state index in [1.54, 1.807) is 12.7 Å². The van der Waals surface area contributed by atoms with Crippen LogP contribution >= 0.6 is 0 Å². The highest BCUT2D eigenvalue weighted by atomic mass is 17.2. The van der Waals surface area contributed by atoms with Crippen molar-refractivity contribution in [3.63, 3.8) is 0 Å². The maximum atomic E-state index is 13.3. The van der Waals surface area contributed by atoms with Crippen molar-refractivity contribution in [1.82, 2.24) is 19.1 Å². The summed E-state index contributed by atoms with van der Waals surface area (Å²) in [6.45, 7) is 7.22. The number of rotatable bonds is 12. The van der Waals surface area contributed by atoms with Gasteiger partial charge in [0, 0.05) is 33.4 Å². The summed E-state index contributed by atoms with van der Waals surface area (Å²) < 4.78 is 20.1. The molecule has 0 saturated heterocycles. The van der Waals surface area contributed by atoms with E-state index in [9.17, 15) is 4.79 Å². The van der Waals surface area contributed by atoms with E-state index >= 15 is 0 Å². The van der Waals surface area contributed by atoms with Gasteiger partial charge in [0.2, 0.25) is 0 Å². The predicted molar refractivity (Wildman–Crippen MR) is 222 cm³/mol. The molecule has 12 nitrogen and oxygen atoms in total. The Hall–Kier alpha value is -6.93. The summed E-state index contributed by atoms with van der Waals surface area (Å²) in [5.74, 6) is 4.80. The van der Waals surface area contributed by atoms with E-state index in [1.807, 2.05) is 103 Å². The van der Waals surface area contributed by atoms with Gasteiger partial charge in [0.05, 0.1) is 58.3 Å².